The molecule has 305 valence electrons. The average Bonchev–Trinajstić information content (AvgIpc) is 3.85. The second-order valence-corrected chi connectivity index (χ2v) is 22.3. The van der Waals surface area contributed by atoms with Crippen LogP contribution in [0.25, 0.3) is 83.2 Å². The Morgan fingerprint density at radius 3 is 2.03 bits per heavy atom. The molecule has 0 N–H and O–H groups in total. The molecule has 0 atom stereocenters. The van der Waals surface area contributed by atoms with Crippen LogP contribution in [0.15, 0.2) is 162 Å². The minimum atomic E-state index is -1.54. The number of pyridine rings is 1. The van der Waals surface area contributed by atoms with Crippen molar-refractivity contribution in [1.29, 1.82) is 0 Å². The molecule has 3 aromatic heterocycles. The number of furan rings is 1. The molecule has 0 saturated heterocycles. The van der Waals surface area contributed by atoms with E-state index in [4.69, 9.17) is 14.4 Å². The van der Waals surface area contributed by atoms with Crippen LogP contribution in [0.1, 0.15) is 50.7 Å². The van der Waals surface area contributed by atoms with Gasteiger partial charge in [0.25, 0.3) is 0 Å². The molecular formula is C55H49IrN3OSi-2. The van der Waals surface area contributed by atoms with Gasteiger partial charge in [-0.2, -0.15) is 0 Å². The summed E-state index contributed by atoms with van der Waals surface area (Å²) in [5.41, 5.74) is 13.1. The molecule has 61 heavy (non-hydrogen) atoms. The Bertz CT molecular complexity index is 3120. The number of hydrogen-bond donors (Lipinski definition) is 0. The zero-order chi connectivity index (χ0) is 41.5. The molecule has 0 amide bonds. The van der Waals surface area contributed by atoms with Crippen LogP contribution in [0.2, 0.25) is 19.6 Å². The quantitative estimate of drug-likeness (QED) is 0.118. The molecule has 0 aliphatic carbocycles. The molecule has 7 aromatic carbocycles. The average molecular weight is 988 g/mol. The summed E-state index contributed by atoms with van der Waals surface area (Å²) in [6.07, 6.45) is 2.10. The molecule has 3 heterocycles. The van der Waals surface area contributed by atoms with E-state index in [0.717, 1.165) is 55.6 Å². The zero-order valence-corrected chi connectivity index (χ0v) is 39.1. The maximum atomic E-state index is 6.40. The summed E-state index contributed by atoms with van der Waals surface area (Å²) in [6, 6.07) is 59.6. The van der Waals surface area contributed by atoms with E-state index in [1.54, 1.807) is 0 Å². The van der Waals surface area contributed by atoms with Crippen molar-refractivity contribution >= 4 is 57.0 Å². The summed E-state index contributed by atoms with van der Waals surface area (Å²) in [4.78, 5) is 9.94. The fourth-order valence-electron chi connectivity index (χ4n) is 8.48. The Labute approximate surface area is 373 Å². The van der Waals surface area contributed by atoms with Gasteiger partial charge in [0.15, 0.2) is 0 Å². The van der Waals surface area contributed by atoms with E-state index < -0.39 is 8.07 Å². The van der Waals surface area contributed by atoms with Gasteiger partial charge in [0.05, 0.1) is 30.5 Å². The van der Waals surface area contributed by atoms with E-state index in [2.05, 4.69) is 179 Å². The van der Waals surface area contributed by atoms with Gasteiger partial charge in [0.1, 0.15) is 5.58 Å². The molecule has 0 bridgehead atoms. The molecule has 0 aliphatic rings. The van der Waals surface area contributed by atoms with Crippen LogP contribution in [0, 0.1) is 12.1 Å². The maximum Gasteiger partial charge on any atom is 0.120 e. The summed E-state index contributed by atoms with van der Waals surface area (Å²) < 4.78 is 8.73. The molecule has 0 saturated carbocycles. The Kier molecular flexibility index (Phi) is 11.8. The molecule has 10 rings (SSSR count). The van der Waals surface area contributed by atoms with Gasteiger partial charge in [-0.15, -0.1) is 54.1 Å². The Morgan fingerprint density at radius 1 is 0.623 bits per heavy atom. The number of hydrogen-bond acceptors (Lipinski definition) is 3. The number of para-hydroxylation sites is 4. The first-order chi connectivity index (χ1) is 29.1. The van der Waals surface area contributed by atoms with Crippen molar-refractivity contribution in [3.63, 3.8) is 0 Å². The van der Waals surface area contributed by atoms with Crippen molar-refractivity contribution in [3.8, 4) is 39.5 Å². The first kappa shape index (κ1) is 41.8. The number of nitrogens with zero attached hydrogens (tertiary/aromatic N) is 3. The van der Waals surface area contributed by atoms with E-state index in [-0.39, 0.29) is 20.1 Å². The van der Waals surface area contributed by atoms with Gasteiger partial charge in [-0.05, 0) is 73.9 Å². The third kappa shape index (κ3) is 7.92. The summed E-state index contributed by atoms with van der Waals surface area (Å²) in [5, 5.41) is 6.17. The van der Waals surface area contributed by atoms with E-state index >= 15 is 0 Å². The third-order valence-electron chi connectivity index (χ3n) is 11.5. The minimum Gasteiger partial charge on any atom is -0.501 e. The van der Waals surface area contributed by atoms with Crippen molar-refractivity contribution in [3.05, 3.63) is 181 Å². The fraction of sp³-hybridized carbons (Fsp3) is 0.164. The van der Waals surface area contributed by atoms with E-state index in [1.165, 1.54) is 43.9 Å². The zero-order valence-electron chi connectivity index (χ0n) is 35.7. The maximum absolute atomic E-state index is 6.40. The van der Waals surface area contributed by atoms with Crippen LogP contribution >= 0.6 is 0 Å². The van der Waals surface area contributed by atoms with E-state index in [1.807, 2.05) is 42.5 Å². The topological polar surface area (TPSA) is 43.9 Å². The molecule has 0 fully saturated rings. The van der Waals surface area contributed by atoms with Crippen molar-refractivity contribution in [2.45, 2.75) is 59.2 Å². The molecule has 4 nitrogen and oxygen atoms in total. The van der Waals surface area contributed by atoms with Gasteiger partial charge >= 0.3 is 0 Å². The Balaban J connectivity index is 0.000000172. The summed E-state index contributed by atoms with van der Waals surface area (Å²) >= 11 is 0. The van der Waals surface area contributed by atoms with Gasteiger partial charge in [-0.1, -0.05) is 155 Å². The number of imidazole rings is 1. The molecular weight excluding hydrogens is 939 g/mol. The molecule has 0 unspecified atom stereocenters. The van der Waals surface area contributed by atoms with Crippen molar-refractivity contribution in [2.24, 2.45) is 0 Å². The van der Waals surface area contributed by atoms with Crippen LogP contribution in [0.4, 0.5) is 0 Å². The van der Waals surface area contributed by atoms with Gasteiger partial charge in [-0.3, -0.25) is 4.98 Å². The van der Waals surface area contributed by atoms with E-state index in [0.29, 0.717) is 11.8 Å². The molecule has 10 aromatic rings. The predicted octanol–water partition coefficient (Wildman–Crippen LogP) is 14.6. The SMILES string of the molecule is CC(C)c1cccc(C(C)C)c1-n1c(-c2[c-]ccc3c2oc2ccccc23)nc2ccccc21.C[Si](C)(C)c1cnc(-c2[c-]cccc2)cc1-c1cccc2ccccc12.[Ir]. The number of fused-ring (bicyclic) bond motifs is 5. The number of aromatic nitrogens is 3. The molecule has 6 heteroatoms. The van der Waals surface area contributed by atoms with Gasteiger partial charge < -0.3 is 14.0 Å². The number of benzene rings is 7. The minimum absolute atomic E-state index is 0. The number of rotatable bonds is 7. The van der Waals surface area contributed by atoms with Crippen LogP contribution < -0.4 is 5.19 Å². The molecule has 0 spiro atoms. The Hall–Kier alpha value is -5.91. The fourth-order valence-corrected chi connectivity index (χ4v) is 9.95. The first-order valence-electron chi connectivity index (χ1n) is 21.0. The second-order valence-electron chi connectivity index (χ2n) is 17.2. The van der Waals surface area contributed by atoms with Crippen LogP contribution in [0.3, 0.4) is 0 Å². The summed E-state index contributed by atoms with van der Waals surface area (Å²) in [6.45, 7) is 16.2. The van der Waals surface area contributed by atoms with Gasteiger partial charge in [0, 0.05) is 37.4 Å². The van der Waals surface area contributed by atoms with Crippen molar-refractivity contribution in [1.82, 2.24) is 14.5 Å². The Morgan fingerprint density at radius 2 is 1.30 bits per heavy atom. The smallest absolute Gasteiger partial charge is 0.120 e. The summed E-state index contributed by atoms with van der Waals surface area (Å²) in [5.74, 6) is 1.60. The second kappa shape index (κ2) is 17.2. The van der Waals surface area contributed by atoms with Crippen LogP contribution in [-0.2, 0) is 20.1 Å². The monoisotopic (exact) mass is 988 g/mol. The molecule has 0 aliphatic heterocycles. The van der Waals surface area contributed by atoms with Gasteiger partial charge in [0.2, 0.25) is 0 Å². The van der Waals surface area contributed by atoms with Crippen molar-refractivity contribution in [2.75, 3.05) is 0 Å². The normalized spacial score (nSPS) is 11.7. The third-order valence-corrected chi connectivity index (χ3v) is 13.5. The predicted molar refractivity (Wildman–Crippen MR) is 255 cm³/mol. The van der Waals surface area contributed by atoms with Crippen LogP contribution in [-0.4, -0.2) is 22.6 Å². The molecule has 1 radical (unpaired) electrons. The van der Waals surface area contributed by atoms with Crippen LogP contribution in [0.5, 0.6) is 0 Å². The van der Waals surface area contributed by atoms with Crippen molar-refractivity contribution < 1.29 is 24.5 Å². The largest absolute Gasteiger partial charge is 0.501 e. The summed E-state index contributed by atoms with van der Waals surface area (Å²) in [7, 11) is -1.54. The van der Waals surface area contributed by atoms with E-state index in [9.17, 15) is 0 Å². The first-order valence-corrected chi connectivity index (χ1v) is 24.5. The standard InChI is InChI=1S/C31H27N2O.C24H22NSi.Ir/c1-19(2)21-12-9-13-22(20(3)4)29(21)33-27-17-7-6-16-26(27)32-31(33)25-15-10-14-24-23-11-5-8-18-28(23)34-30(24)25;1-26(2,3)24-17-25-23(19-11-5-4-6-12-19)16-22(24)21-15-9-13-18-10-7-8-14-20(18)21;/h5-14,16-20H,1-4H3;4-11,13-17H,1-3H3;/q2*-1;. The van der Waals surface area contributed by atoms with Gasteiger partial charge in [-0.25, -0.2) is 0 Å².